The number of β-amino-alcohol motifs (C(OH)–C–C–N with tert-alkyl or cyclic N) is 1. The second kappa shape index (κ2) is 10.8. The van der Waals surface area contributed by atoms with Crippen molar-refractivity contribution in [3.05, 3.63) is 51.4 Å². The van der Waals surface area contributed by atoms with Crippen LogP contribution in [0.15, 0.2) is 35.8 Å². The molecule has 0 radical (unpaired) electrons. The Kier molecular flexibility index (Phi) is 7.92. The fourth-order valence-electron chi connectivity index (χ4n) is 4.25. The van der Waals surface area contributed by atoms with Gasteiger partial charge in [-0.2, -0.15) is 0 Å². The zero-order chi connectivity index (χ0) is 21.6. The van der Waals surface area contributed by atoms with E-state index in [1.807, 2.05) is 29.6 Å². The predicted octanol–water partition coefficient (Wildman–Crippen LogP) is 2.61. The van der Waals surface area contributed by atoms with Crippen LogP contribution in [0.4, 0.5) is 0 Å². The second-order valence-corrected chi connectivity index (χ2v) is 9.45. The molecule has 7 nitrogen and oxygen atoms in total. The van der Waals surface area contributed by atoms with Crippen molar-refractivity contribution >= 4 is 28.8 Å². The summed E-state index contributed by atoms with van der Waals surface area (Å²) in [4.78, 5) is 19.1. The fraction of sp³-hybridized carbons (Fsp3) is 0.545. The number of aliphatic hydroxyl groups excluding tert-OH is 1. The van der Waals surface area contributed by atoms with E-state index in [1.165, 1.54) is 0 Å². The van der Waals surface area contributed by atoms with E-state index < -0.39 is 6.10 Å². The molecular formula is C22H28ClN3O4S. The Morgan fingerprint density at radius 2 is 2.19 bits per heavy atom. The minimum atomic E-state index is -0.533. The molecule has 9 heteroatoms. The van der Waals surface area contributed by atoms with Crippen LogP contribution >= 0.6 is 22.9 Å². The Morgan fingerprint density at radius 3 is 3.00 bits per heavy atom. The second-order valence-electron chi connectivity index (χ2n) is 8.06. The summed E-state index contributed by atoms with van der Waals surface area (Å²) >= 11 is 7.78. The molecular weight excluding hydrogens is 438 g/mol. The van der Waals surface area contributed by atoms with Gasteiger partial charge < -0.3 is 19.9 Å². The molecule has 31 heavy (non-hydrogen) atoms. The molecule has 0 spiro atoms. The number of carbonyl (C=O) groups is 1. The Balaban J connectivity index is 1.33. The van der Waals surface area contributed by atoms with Gasteiger partial charge in [0.05, 0.1) is 44.5 Å². The van der Waals surface area contributed by atoms with E-state index >= 15 is 0 Å². The third-order valence-electron chi connectivity index (χ3n) is 5.76. The molecule has 168 valence electrons. The average molecular weight is 466 g/mol. The number of nitrogens with one attached hydrogen (secondary N) is 1. The molecule has 4 atom stereocenters. The van der Waals surface area contributed by atoms with Gasteiger partial charge in [-0.15, -0.1) is 11.3 Å². The highest BCUT2D eigenvalue weighted by Crippen LogP contribution is 2.29. The van der Waals surface area contributed by atoms with Crippen molar-refractivity contribution in [2.45, 2.75) is 56.7 Å². The molecule has 1 amide bonds. The first-order chi connectivity index (χ1) is 15.1. The highest BCUT2D eigenvalue weighted by atomic mass is 35.5. The van der Waals surface area contributed by atoms with Crippen LogP contribution in [-0.4, -0.2) is 65.0 Å². The van der Waals surface area contributed by atoms with Gasteiger partial charge >= 0.3 is 0 Å². The Morgan fingerprint density at radius 1 is 1.32 bits per heavy atom. The SMILES string of the molecule is O=C(C[C@H]1CC[C@H]2[C@@H](COC[C@H](O)CN2Cc2nccs2)O1)NCc1ccccc1Cl. The Bertz CT molecular complexity index is 853. The molecule has 0 aliphatic carbocycles. The lowest BCUT2D eigenvalue weighted by molar-refractivity contribution is -0.158. The first-order valence-electron chi connectivity index (χ1n) is 10.6. The maximum atomic E-state index is 12.5. The normalized spacial score (nSPS) is 27.2. The van der Waals surface area contributed by atoms with Crippen LogP contribution in [0, 0.1) is 0 Å². The zero-order valence-electron chi connectivity index (χ0n) is 17.3. The lowest BCUT2D eigenvalue weighted by Crippen LogP contribution is -2.55. The van der Waals surface area contributed by atoms with Gasteiger partial charge in [0, 0.05) is 35.7 Å². The van der Waals surface area contributed by atoms with Crippen LogP contribution in [0.5, 0.6) is 0 Å². The number of hydrogen-bond donors (Lipinski definition) is 2. The number of fused-ring (bicyclic) bond motifs is 1. The smallest absolute Gasteiger partial charge is 0.222 e. The average Bonchev–Trinajstić information content (AvgIpc) is 3.25. The highest BCUT2D eigenvalue weighted by Gasteiger charge is 2.38. The number of nitrogens with zero attached hydrogens (tertiary/aromatic N) is 2. The Hall–Kier alpha value is -1.55. The summed E-state index contributed by atoms with van der Waals surface area (Å²) in [6.45, 7) is 2.30. The molecule has 0 saturated carbocycles. The monoisotopic (exact) mass is 465 g/mol. The number of aromatic nitrogens is 1. The van der Waals surface area contributed by atoms with Gasteiger partial charge in [0.25, 0.3) is 0 Å². The molecule has 2 saturated heterocycles. The van der Waals surface area contributed by atoms with Gasteiger partial charge in [-0.05, 0) is 24.5 Å². The molecule has 2 aromatic rings. The summed E-state index contributed by atoms with van der Waals surface area (Å²) < 4.78 is 12.0. The lowest BCUT2D eigenvalue weighted by atomic mass is 9.94. The van der Waals surface area contributed by atoms with Crippen molar-refractivity contribution in [3.63, 3.8) is 0 Å². The number of thiazole rings is 1. The van der Waals surface area contributed by atoms with Gasteiger partial charge in [0.2, 0.25) is 5.91 Å². The molecule has 0 unspecified atom stereocenters. The number of halogens is 1. The van der Waals surface area contributed by atoms with E-state index in [-0.39, 0.29) is 30.8 Å². The predicted molar refractivity (Wildman–Crippen MR) is 119 cm³/mol. The van der Waals surface area contributed by atoms with E-state index in [2.05, 4.69) is 15.2 Å². The van der Waals surface area contributed by atoms with Crippen LogP contribution in [0.3, 0.4) is 0 Å². The van der Waals surface area contributed by atoms with Crippen molar-refractivity contribution in [2.75, 3.05) is 19.8 Å². The number of hydrogen-bond acceptors (Lipinski definition) is 7. The summed E-state index contributed by atoms with van der Waals surface area (Å²) in [7, 11) is 0. The van der Waals surface area contributed by atoms with Crippen molar-refractivity contribution in [3.8, 4) is 0 Å². The first-order valence-corrected chi connectivity index (χ1v) is 11.9. The van der Waals surface area contributed by atoms with Crippen molar-refractivity contribution in [2.24, 2.45) is 0 Å². The quantitative estimate of drug-likeness (QED) is 0.682. The van der Waals surface area contributed by atoms with Crippen molar-refractivity contribution in [1.82, 2.24) is 15.2 Å². The van der Waals surface area contributed by atoms with Gasteiger partial charge in [-0.25, -0.2) is 4.98 Å². The third kappa shape index (κ3) is 6.25. The molecule has 3 heterocycles. The Labute approximate surface area is 191 Å². The third-order valence-corrected chi connectivity index (χ3v) is 6.89. The zero-order valence-corrected chi connectivity index (χ0v) is 18.9. The van der Waals surface area contributed by atoms with Gasteiger partial charge in [0.15, 0.2) is 0 Å². The summed E-state index contributed by atoms with van der Waals surface area (Å²) in [6.07, 6.45) is 2.96. The molecule has 2 N–H and O–H groups in total. The number of ether oxygens (including phenoxy) is 2. The summed E-state index contributed by atoms with van der Waals surface area (Å²) in [5.74, 6) is -0.0507. The summed E-state index contributed by atoms with van der Waals surface area (Å²) in [5, 5.41) is 16.8. The molecule has 2 aliphatic heterocycles. The van der Waals surface area contributed by atoms with Gasteiger partial charge in [-0.3, -0.25) is 9.69 Å². The molecule has 4 rings (SSSR count). The molecule has 2 fully saturated rings. The number of rotatable bonds is 6. The highest BCUT2D eigenvalue weighted by molar-refractivity contribution is 7.09. The van der Waals surface area contributed by atoms with Crippen LogP contribution in [0.2, 0.25) is 5.02 Å². The number of benzene rings is 1. The van der Waals surface area contributed by atoms with Crippen LogP contribution in [-0.2, 0) is 27.4 Å². The standard InChI is InChI=1S/C22H28ClN3O4S/c23-18-4-2-1-3-15(18)10-25-21(28)9-17-5-6-19-20(30-17)14-29-13-16(27)11-26(19)12-22-24-7-8-31-22/h1-4,7-8,16-17,19-20,27H,5-6,9-14H2,(H,25,28)/t16-,17-,19+,20-/m1/s1. The molecule has 1 aromatic carbocycles. The molecule has 0 bridgehead atoms. The molecule has 1 aromatic heterocycles. The lowest BCUT2D eigenvalue weighted by Gasteiger charge is -2.44. The van der Waals surface area contributed by atoms with Crippen LogP contribution in [0.25, 0.3) is 0 Å². The number of aliphatic hydroxyl groups is 1. The maximum Gasteiger partial charge on any atom is 0.222 e. The maximum absolute atomic E-state index is 12.5. The van der Waals surface area contributed by atoms with Crippen molar-refractivity contribution in [1.29, 1.82) is 0 Å². The van der Waals surface area contributed by atoms with E-state index in [0.717, 1.165) is 23.4 Å². The number of amides is 1. The van der Waals surface area contributed by atoms with E-state index in [0.29, 0.717) is 37.7 Å². The fourth-order valence-corrected chi connectivity index (χ4v) is 5.09. The van der Waals surface area contributed by atoms with E-state index in [1.54, 1.807) is 17.5 Å². The topological polar surface area (TPSA) is 83.9 Å². The number of carbonyl (C=O) groups excluding carboxylic acids is 1. The van der Waals surface area contributed by atoms with Crippen LogP contribution in [0.1, 0.15) is 29.8 Å². The van der Waals surface area contributed by atoms with E-state index in [4.69, 9.17) is 21.1 Å². The van der Waals surface area contributed by atoms with Gasteiger partial charge in [-0.1, -0.05) is 29.8 Å². The van der Waals surface area contributed by atoms with Crippen molar-refractivity contribution < 1.29 is 19.4 Å². The van der Waals surface area contributed by atoms with Gasteiger partial charge in [0.1, 0.15) is 5.01 Å². The van der Waals surface area contributed by atoms with Crippen LogP contribution < -0.4 is 5.32 Å². The van der Waals surface area contributed by atoms with E-state index in [9.17, 15) is 9.90 Å². The summed E-state index contributed by atoms with van der Waals surface area (Å²) in [6, 6.07) is 7.62. The minimum absolute atomic E-state index is 0.0507. The largest absolute Gasteiger partial charge is 0.389 e. The summed E-state index contributed by atoms with van der Waals surface area (Å²) in [5.41, 5.74) is 0.895. The first kappa shape index (κ1) is 22.6. The minimum Gasteiger partial charge on any atom is -0.389 e. The molecule has 2 aliphatic rings.